The third-order valence-electron chi connectivity index (χ3n) is 5.86. The van der Waals surface area contributed by atoms with Gasteiger partial charge in [0.15, 0.2) is 0 Å². The van der Waals surface area contributed by atoms with E-state index in [0.717, 1.165) is 0 Å². The summed E-state index contributed by atoms with van der Waals surface area (Å²) in [7, 11) is 0. The maximum absolute atomic E-state index is 13.4. The molecule has 0 radical (unpaired) electrons. The summed E-state index contributed by atoms with van der Waals surface area (Å²) in [5.74, 6) is 0.143. The average molecular weight is 502 g/mol. The van der Waals surface area contributed by atoms with Gasteiger partial charge in [0.05, 0.1) is 30.9 Å². The summed E-state index contributed by atoms with van der Waals surface area (Å²) in [5, 5.41) is 11.3. The molecule has 192 valence electrons. The fraction of sp³-hybridized carbons (Fsp3) is 0.267. The lowest BCUT2D eigenvalue weighted by Gasteiger charge is -2.26. The molecule has 1 N–H and O–H groups in total. The minimum absolute atomic E-state index is 0.00289. The van der Waals surface area contributed by atoms with Crippen molar-refractivity contribution in [2.45, 2.75) is 39.8 Å². The van der Waals surface area contributed by atoms with Gasteiger partial charge in [-0.25, -0.2) is 0 Å². The van der Waals surface area contributed by atoms with E-state index < -0.39 is 17.7 Å². The molecule has 0 bridgehead atoms. The number of anilines is 1. The van der Waals surface area contributed by atoms with Crippen molar-refractivity contribution in [1.82, 2.24) is 0 Å². The number of benzene rings is 3. The van der Waals surface area contributed by atoms with E-state index in [1.54, 1.807) is 72.8 Å². The van der Waals surface area contributed by atoms with Crippen molar-refractivity contribution in [3.63, 3.8) is 0 Å². The molecule has 1 heterocycles. The second-order valence-electron chi connectivity index (χ2n) is 8.79. The Labute approximate surface area is 216 Å². The van der Waals surface area contributed by atoms with E-state index in [0.29, 0.717) is 47.3 Å². The van der Waals surface area contributed by atoms with Crippen molar-refractivity contribution in [2.24, 2.45) is 0 Å². The summed E-state index contributed by atoms with van der Waals surface area (Å²) in [6.07, 6.45) is -0.00289. The topological polar surface area (TPSA) is 85.3 Å². The molecule has 3 aromatic carbocycles. The lowest BCUT2D eigenvalue weighted by Crippen LogP contribution is -2.29. The highest BCUT2D eigenvalue weighted by Gasteiger charge is 2.47. The van der Waals surface area contributed by atoms with Gasteiger partial charge in [0.25, 0.3) is 11.7 Å². The molecule has 3 aromatic rings. The average Bonchev–Trinajstić information content (AvgIpc) is 3.15. The van der Waals surface area contributed by atoms with E-state index in [9.17, 15) is 14.7 Å². The third kappa shape index (κ3) is 5.45. The molecule has 7 nitrogen and oxygen atoms in total. The van der Waals surface area contributed by atoms with Crippen molar-refractivity contribution in [3.8, 4) is 17.2 Å². The van der Waals surface area contributed by atoms with E-state index in [1.165, 1.54) is 4.90 Å². The van der Waals surface area contributed by atoms with E-state index >= 15 is 0 Å². The quantitative estimate of drug-likeness (QED) is 0.223. The molecule has 0 spiro atoms. The Morgan fingerprint density at radius 1 is 0.865 bits per heavy atom. The SMILES string of the molecule is CCOc1ccc(C2/C(=C(\O)c3ccc(OC(C)C)cc3)C(=O)C(=O)N2c2cccc(OCC)c2)cc1. The van der Waals surface area contributed by atoms with Crippen molar-refractivity contribution in [2.75, 3.05) is 18.1 Å². The predicted octanol–water partition coefficient (Wildman–Crippen LogP) is 5.90. The van der Waals surface area contributed by atoms with Gasteiger partial charge in [0.2, 0.25) is 0 Å². The zero-order valence-corrected chi connectivity index (χ0v) is 21.4. The number of amides is 1. The maximum atomic E-state index is 13.4. The number of aliphatic hydroxyl groups excluding tert-OH is 1. The number of ether oxygens (including phenoxy) is 3. The minimum Gasteiger partial charge on any atom is -0.507 e. The van der Waals surface area contributed by atoms with Gasteiger partial charge in [0, 0.05) is 17.3 Å². The highest BCUT2D eigenvalue weighted by molar-refractivity contribution is 6.51. The minimum atomic E-state index is -0.848. The number of aliphatic hydroxyl groups is 1. The second kappa shape index (κ2) is 11.2. The molecule has 1 atom stereocenters. The van der Waals surface area contributed by atoms with Crippen LogP contribution in [-0.2, 0) is 9.59 Å². The molecule has 4 rings (SSSR count). The normalized spacial score (nSPS) is 16.8. The highest BCUT2D eigenvalue weighted by Crippen LogP contribution is 2.43. The second-order valence-corrected chi connectivity index (χ2v) is 8.79. The fourth-order valence-electron chi connectivity index (χ4n) is 4.34. The van der Waals surface area contributed by atoms with Crippen LogP contribution in [0.15, 0.2) is 78.4 Å². The molecule has 1 fully saturated rings. The first kappa shape index (κ1) is 25.8. The van der Waals surface area contributed by atoms with Gasteiger partial charge in [-0.2, -0.15) is 0 Å². The highest BCUT2D eigenvalue weighted by atomic mass is 16.5. The van der Waals surface area contributed by atoms with Crippen molar-refractivity contribution >= 4 is 23.1 Å². The monoisotopic (exact) mass is 501 g/mol. The Bertz CT molecular complexity index is 1290. The number of nitrogens with zero attached hydrogens (tertiary/aromatic N) is 1. The van der Waals surface area contributed by atoms with E-state index in [4.69, 9.17) is 14.2 Å². The summed E-state index contributed by atoms with van der Waals surface area (Å²) >= 11 is 0. The summed E-state index contributed by atoms with van der Waals surface area (Å²) in [5.41, 5.74) is 1.57. The summed E-state index contributed by atoms with van der Waals surface area (Å²) < 4.78 is 16.9. The molecular weight excluding hydrogens is 470 g/mol. The number of carbonyl (C=O) groups excluding carboxylic acids is 2. The van der Waals surface area contributed by atoms with E-state index in [1.807, 2.05) is 27.7 Å². The molecule has 0 saturated carbocycles. The van der Waals surface area contributed by atoms with Crippen LogP contribution < -0.4 is 19.1 Å². The van der Waals surface area contributed by atoms with Crippen LogP contribution in [0.1, 0.15) is 44.9 Å². The first-order valence-corrected chi connectivity index (χ1v) is 12.4. The van der Waals surface area contributed by atoms with Crippen molar-refractivity contribution in [1.29, 1.82) is 0 Å². The molecule has 1 aliphatic rings. The summed E-state index contributed by atoms with van der Waals surface area (Å²) in [4.78, 5) is 28.2. The number of ketones is 1. The molecule has 7 heteroatoms. The lowest BCUT2D eigenvalue weighted by molar-refractivity contribution is -0.132. The largest absolute Gasteiger partial charge is 0.507 e. The third-order valence-corrected chi connectivity index (χ3v) is 5.86. The van der Waals surface area contributed by atoms with Crippen LogP contribution >= 0.6 is 0 Å². The molecular formula is C30H31NO6. The van der Waals surface area contributed by atoms with Crippen LogP contribution in [0.2, 0.25) is 0 Å². The van der Waals surface area contributed by atoms with Crippen LogP contribution in [0.4, 0.5) is 5.69 Å². The summed E-state index contributed by atoms with van der Waals surface area (Å²) in [6.45, 7) is 8.58. The van der Waals surface area contributed by atoms with E-state index in [-0.39, 0.29) is 17.4 Å². The molecule has 0 aromatic heterocycles. The number of hydrogen-bond donors (Lipinski definition) is 1. The van der Waals surface area contributed by atoms with Gasteiger partial charge in [-0.15, -0.1) is 0 Å². The smallest absolute Gasteiger partial charge is 0.300 e. The van der Waals surface area contributed by atoms with Gasteiger partial charge in [-0.05, 0) is 81.8 Å². The molecule has 1 unspecified atom stereocenters. The van der Waals surface area contributed by atoms with Crippen LogP contribution in [-0.4, -0.2) is 36.1 Å². The summed E-state index contributed by atoms with van der Waals surface area (Å²) in [6, 6.07) is 20.1. The zero-order chi connectivity index (χ0) is 26.5. The Morgan fingerprint density at radius 3 is 2.11 bits per heavy atom. The van der Waals surface area contributed by atoms with E-state index in [2.05, 4.69) is 0 Å². The van der Waals surface area contributed by atoms with Gasteiger partial charge in [-0.3, -0.25) is 14.5 Å². The van der Waals surface area contributed by atoms with Crippen LogP contribution in [0.3, 0.4) is 0 Å². The number of rotatable bonds is 9. The van der Waals surface area contributed by atoms with Crippen LogP contribution in [0.5, 0.6) is 17.2 Å². The lowest BCUT2D eigenvalue weighted by atomic mass is 9.95. The zero-order valence-electron chi connectivity index (χ0n) is 21.4. The Morgan fingerprint density at radius 2 is 1.49 bits per heavy atom. The van der Waals surface area contributed by atoms with Crippen molar-refractivity contribution < 1.29 is 28.9 Å². The molecule has 1 saturated heterocycles. The molecule has 1 amide bonds. The first-order valence-electron chi connectivity index (χ1n) is 12.4. The molecule has 0 aliphatic carbocycles. The van der Waals surface area contributed by atoms with Crippen LogP contribution in [0, 0.1) is 0 Å². The molecule has 37 heavy (non-hydrogen) atoms. The number of carbonyl (C=O) groups is 2. The van der Waals surface area contributed by atoms with Gasteiger partial charge in [0.1, 0.15) is 23.0 Å². The Balaban J connectivity index is 1.84. The first-order chi connectivity index (χ1) is 17.8. The maximum Gasteiger partial charge on any atom is 0.300 e. The number of Topliss-reactive ketones (excluding diaryl/α,β-unsaturated/α-hetero) is 1. The Hall–Kier alpha value is -4.26. The van der Waals surface area contributed by atoms with Gasteiger partial charge < -0.3 is 19.3 Å². The Kier molecular flexibility index (Phi) is 7.82. The fourth-order valence-corrected chi connectivity index (χ4v) is 4.34. The van der Waals surface area contributed by atoms with Crippen LogP contribution in [0.25, 0.3) is 5.76 Å². The standard InChI is InChI=1S/C30H31NO6/c1-5-35-23-14-10-20(11-15-23)27-26(28(32)21-12-16-24(17-13-21)37-19(3)4)29(33)30(34)31(27)22-8-7-9-25(18-22)36-6-2/h7-19,27,32H,5-6H2,1-4H3/b28-26+. The van der Waals surface area contributed by atoms with Gasteiger partial charge >= 0.3 is 0 Å². The number of hydrogen-bond acceptors (Lipinski definition) is 6. The van der Waals surface area contributed by atoms with Gasteiger partial charge in [-0.1, -0.05) is 18.2 Å². The predicted molar refractivity (Wildman–Crippen MR) is 142 cm³/mol. The molecule has 1 aliphatic heterocycles. The van der Waals surface area contributed by atoms with Crippen molar-refractivity contribution in [3.05, 3.63) is 89.5 Å².